The number of esters is 1. The van der Waals surface area contributed by atoms with E-state index in [4.69, 9.17) is 4.74 Å². The van der Waals surface area contributed by atoms with Gasteiger partial charge in [0, 0.05) is 11.5 Å². The van der Waals surface area contributed by atoms with Gasteiger partial charge in [-0.3, -0.25) is 9.59 Å². The summed E-state index contributed by atoms with van der Waals surface area (Å²) in [4.78, 5) is 24.0. The number of ether oxygens (including phenoxy) is 1. The maximum atomic E-state index is 12.3. The summed E-state index contributed by atoms with van der Waals surface area (Å²) in [6, 6.07) is 0.276. The number of hydrogen-bond acceptors (Lipinski definition) is 3. The average Bonchev–Trinajstić information content (AvgIpc) is 2.92. The number of fused-ring (bicyclic) bond motifs is 5. The molecule has 0 unspecified atom stereocenters. The highest BCUT2D eigenvalue weighted by Gasteiger charge is 2.61. The smallest absolute Gasteiger partial charge is 0.309 e. The van der Waals surface area contributed by atoms with Gasteiger partial charge in [0.1, 0.15) is 0 Å². The second-order valence-corrected chi connectivity index (χ2v) is 8.91. The van der Waals surface area contributed by atoms with Gasteiger partial charge in [-0.2, -0.15) is 0 Å². The molecule has 3 fully saturated rings. The molecule has 0 aromatic carbocycles. The molecule has 7 atom stereocenters. The van der Waals surface area contributed by atoms with Crippen molar-refractivity contribution in [3.05, 3.63) is 12.2 Å². The number of rotatable bonds is 1. The first-order valence-electron chi connectivity index (χ1n) is 9.47. The Balaban J connectivity index is 1.64. The van der Waals surface area contributed by atoms with Crippen molar-refractivity contribution in [2.24, 2.45) is 34.5 Å². The maximum Gasteiger partial charge on any atom is 0.309 e. The van der Waals surface area contributed by atoms with E-state index in [1.54, 1.807) is 6.08 Å². The van der Waals surface area contributed by atoms with Crippen molar-refractivity contribution in [1.29, 1.82) is 0 Å². The summed E-state index contributed by atoms with van der Waals surface area (Å²) in [6.07, 6.45) is 10.5. The number of carbonyl (C=O) groups excluding carboxylic acids is 2. The fourth-order valence-corrected chi connectivity index (χ4v) is 6.86. The van der Waals surface area contributed by atoms with Gasteiger partial charge in [0.15, 0.2) is 0 Å². The zero-order valence-corrected chi connectivity index (χ0v) is 15.0. The third-order valence-corrected chi connectivity index (χ3v) is 8.17. The van der Waals surface area contributed by atoms with Crippen molar-refractivity contribution < 1.29 is 14.3 Å². The molecule has 4 aliphatic rings. The molecule has 0 aromatic rings. The predicted octanol–water partition coefficient (Wildman–Crippen LogP) is 3.07. The van der Waals surface area contributed by atoms with Crippen LogP contribution in [0.4, 0.5) is 0 Å². The lowest BCUT2D eigenvalue weighted by Gasteiger charge is -2.58. The van der Waals surface area contributed by atoms with E-state index in [-0.39, 0.29) is 34.7 Å². The van der Waals surface area contributed by atoms with Crippen LogP contribution in [0.2, 0.25) is 0 Å². The average molecular weight is 331 g/mol. The summed E-state index contributed by atoms with van der Waals surface area (Å²) in [6.45, 7) is 4.66. The van der Waals surface area contributed by atoms with Crippen LogP contribution in [0.1, 0.15) is 52.4 Å². The van der Waals surface area contributed by atoms with E-state index in [1.807, 2.05) is 0 Å². The van der Waals surface area contributed by atoms with Gasteiger partial charge in [0.2, 0.25) is 5.91 Å². The molecule has 24 heavy (non-hydrogen) atoms. The number of nitrogens with one attached hydrogen (secondary N) is 1. The van der Waals surface area contributed by atoms with Crippen molar-refractivity contribution >= 4 is 11.9 Å². The molecule has 132 valence electrons. The van der Waals surface area contributed by atoms with E-state index >= 15 is 0 Å². The number of carbonyl (C=O) groups is 2. The molecule has 0 bridgehead atoms. The van der Waals surface area contributed by atoms with Crippen molar-refractivity contribution in [2.75, 3.05) is 7.11 Å². The lowest BCUT2D eigenvalue weighted by Crippen LogP contribution is -2.59. The topological polar surface area (TPSA) is 55.4 Å². The zero-order valence-electron chi connectivity index (χ0n) is 15.0. The Hall–Kier alpha value is -1.32. The lowest BCUT2D eigenvalue weighted by atomic mass is 9.48. The Morgan fingerprint density at radius 1 is 1.17 bits per heavy atom. The van der Waals surface area contributed by atoms with E-state index in [2.05, 4.69) is 25.2 Å². The summed E-state index contributed by atoms with van der Waals surface area (Å²) in [5.74, 6) is 2.01. The highest BCUT2D eigenvalue weighted by molar-refractivity contribution is 5.89. The fraction of sp³-hybridized carbons (Fsp3) is 0.800. The molecule has 4 rings (SSSR count). The fourth-order valence-electron chi connectivity index (χ4n) is 6.86. The van der Waals surface area contributed by atoms with Gasteiger partial charge in [-0.25, -0.2) is 0 Å². The van der Waals surface area contributed by atoms with Gasteiger partial charge in [0.25, 0.3) is 0 Å². The molecule has 1 amide bonds. The minimum atomic E-state index is -0.0110. The largest absolute Gasteiger partial charge is 0.469 e. The van der Waals surface area contributed by atoms with Gasteiger partial charge in [-0.15, -0.1) is 0 Å². The van der Waals surface area contributed by atoms with Crippen LogP contribution in [-0.2, 0) is 14.3 Å². The van der Waals surface area contributed by atoms with E-state index < -0.39 is 0 Å². The zero-order chi connectivity index (χ0) is 17.1. The SMILES string of the molecule is COC(=O)[C@H]1CC[C@H]2[C@H]3CC[C@@H]4NC(=O)C=C[C@]4(C)[C@H]3CC[C@@]12C. The Morgan fingerprint density at radius 3 is 2.71 bits per heavy atom. The molecule has 0 spiro atoms. The molecule has 0 saturated heterocycles. The number of hydrogen-bond donors (Lipinski definition) is 1. The van der Waals surface area contributed by atoms with Gasteiger partial charge >= 0.3 is 5.97 Å². The van der Waals surface area contributed by atoms with Crippen LogP contribution in [0.15, 0.2) is 12.2 Å². The molecule has 4 heteroatoms. The summed E-state index contributed by atoms with van der Waals surface area (Å²) < 4.78 is 5.10. The van der Waals surface area contributed by atoms with Crippen LogP contribution in [-0.4, -0.2) is 25.0 Å². The first-order valence-corrected chi connectivity index (χ1v) is 9.47. The number of amides is 1. The van der Waals surface area contributed by atoms with Crippen LogP contribution < -0.4 is 5.32 Å². The van der Waals surface area contributed by atoms with Crippen molar-refractivity contribution in [2.45, 2.75) is 58.4 Å². The van der Waals surface area contributed by atoms with Crippen LogP contribution in [0.3, 0.4) is 0 Å². The van der Waals surface area contributed by atoms with E-state index in [0.29, 0.717) is 17.8 Å². The Bertz CT molecular complexity index is 600. The predicted molar refractivity (Wildman–Crippen MR) is 91.0 cm³/mol. The lowest BCUT2D eigenvalue weighted by molar-refractivity contribution is -0.153. The van der Waals surface area contributed by atoms with Crippen LogP contribution >= 0.6 is 0 Å². The van der Waals surface area contributed by atoms with E-state index in [1.165, 1.54) is 13.5 Å². The standard InChI is InChI=1S/C20H29NO3/c1-19-10-8-14-12(13(19)5-6-15(19)18(23)24-3)4-7-16-20(14,2)11-9-17(22)21-16/h9,11-16H,4-8,10H2,1-3H3,(H,21,22)/t12-,13+,14+,15-,16+,19-,20-/m1/s1. The van der Waals surface area contributed by atoms with Crippen LogP contribution in [0, 0.1) is 34.5 Å². The van der Waals surface area contributed by atoms with Gasteiger partial charge in [-0.1, -0.05) is 19.9 Å². The molecule has 0 radical (unpaired) electrons. The quantitative estimate of drug-likeness (QED) is 0.751. The summed E-state index contributed by atoms with van der Waals surface area (Å²) in [5.41, 5.74) is 0.167. The van der Waals surface area contributed by atoms with E-state index in [0.717, 1.165) is 32.1 Å². The second-order valence-electron chi connectivity index (χ2n) is 8.91. The first-order chi connectivity index (χ1) is 11.4. The Morgan fingerprint density at radius 2 is 1.96 bits per heavy atom. The molecule has 1 heterocycles. The molecule has 3 aliphatic carbocycles. The van der Waals surface area contributed by atoms with Gasteiger partial charge in [0.05, 0.1) is 13.0 Å². The Kier molecular flexibility index (Phi) is 3.59. The summed E-state index contributed by atoms with van der Waals surface area (Å²) >= 11 is 0. The molecular formula is C20H29NO3. The van der Waals surface area contributed by atoms with Crippen molar-refractivity contribution in [3.8, 4) is 0 Å². The highest BCUT2D eigenvalue weighted by Crippen LogP contribution is 2.65. The third kappa shape index (κ3) is 2.04. The molecular weight excluding hydrogens is 302 g/mol. The minimum absolute atomic E-state index is 0.0110. The van der Waals surface area contributed by atoms with Crippen molar-refractivity contribution in [1.82, 2.24) is 5.32 Å². The van der Waals surface area contributed by atoms with Crippen molar-refractivity contribution in [3.63, 3.8) is 0 Å². The third-order valence-electron chi connectivity index (χ3n) is 8.17. The van der Waals surface area contributed by atoms with E-state index in [9.17, 15) is 9.59 Å². The van der Waals surface area contributed by atoms with Crippen LogP contribution in [0.5, 0.6) is 0 Å². The van der Waals surface area contributed by atoms with Gasteiger partial charge < -0.3 is 10.1 Å². The number of methoxy groups -OCH3 is 1. The molecule has 1 N–H and O–H groups in total. The van der Waals surface area contributed by atoms with Crippen LogP contribution in [0.25, 0.3) is 0 Å². The molecule has 1 aliphatic heterocycles. The Labute approximate surface area is 144 Å². The highest BCUT2D eigenvalue weighted by atomic mass is 16.5. The maximum absolute atomic E-state index is 12.3. The normalized spacial score (nSPS) is 49.6. The molecule has 3 saturated carbocycles. The molecule has 4 nitrogen and oxygen atoms in total. The monoisotopic (exact) mass is 331 g/mol. The minimum Gasteiger partial charge on any atom is -0.469 e. The summed E-state index contributed by atoms with van der Waals surface area (Å²) in [7, 11) is 1.52. The first kappa shape index (κ1) is 16.2. The molecule has 0 aromatic heterocycles. The van der Waals surface area contributed by atoms with Gasteiger partial charge in [-0.05, 0) is 67.8 Å². The summed E-state index contributed by atoms with van der Waals surface area (Å²) in [5, 5.41) is 3.20. The second kappa shape index (κ2) is 5.34.